The van der Waals surface area contributed by atoms with E-state index >= 15 is 0 Å². The fourth-order valence-corrected chi connectivity index (χ4v) is 13.3. The van der Waals surface area contributed by atoms with Gasteiger partial charge in [0, 0.05) is 0 Å². The molecule has 0 fully saturated rings. The zero-order valence-electron chi connectivity index (χ0n) is 17.2. The summed E-state index contributed by atoms with van der Waals surface area (Å²) in [6.45, 7) is 4.51. The summed E-state index contributed by atoms with van der Waals surface area (Å²) in [5.41, 5.74) is 0. The normalized spacial score (nSPS) is 12.6. The van der Waals surface area contributed by atoms with Gasteiger partial charge in [0.25, 0.3) is 0 Å². The van der Waals surface area contributed by atoms with E-state index < -0.39 is 13.3 Å². The Bertz CT molecular complexity index is 714. The molecule has 0 N–H and O–H groups in total. The molecule has 0 bridgehead atoms. The average Bonchev–Trinajstić information content (AvgIpc) is 3.49. The zero-order valence-corrected chi connectivity index (χ0v) is 19.3. The first-order valence-electron chi connectivity index (χ1n) is 10.7. The maximum absolute atomic E-state index is 6.08. The molecular formula is C24H32GeO3. The molecule has 3 aromatic rings. The summed E-state index contributed by atoms with van der Waals surface area (Å²) in [6, 6.07) is 12.3. The van der Waals surface area contributed by atoms with Crippen molar-refractivity contribution < 1.29 is 13.3 Å². The molecule has 4 heteroatoms. The summed E-state index contributed by atoms with van der Waals surface area (Å²) >= 11 is -3.34. The molecular weight excluding hydrogens is 409 g/mol. The van der Waals surface area contributed by atoms with Crippen LogP contribution in [0.5, 0.6) is 0 Å². The van der Waals surface area contributed by atoms with Gasteiger partial charge in [0.1, 0.15) is 0 Å². The number of allylic oxidation sites excluding steroid dienone is 2. The zero-order chi connectivity index (χ0) is 19.7. The molecule has 0 radical (unpaired) electrons. The van der Waals surface area contributed by atoms with E-state index in [2.05, 4.69) is 38.1 Å². The van der Waals surface area contributed by atoms with Gasteiger partial charge < -0.3 is 0 Å². The number of rotatable bonds is 12. The standard InChI is InChI=1S/C24H32GeO3/c1-3-5-7-9-14-21(13-8-6-4-2)25(22-15-10-18-26-22,23-16-11-19-27-23)24-17-12-20-28-24/h10-12,14-20H,3-9,13H2,1-2H3/b21-14+. The molecule has 3 heterocycles. The maximum atomic E-state index is 6.08. The van der Waals surface area contributed by atoms with Gasteiger partial charge in [-0.05, 0) is 0 Å². The van der Waals surface area contributed by atoms with E-state index in [1.165, 1.54) is 42.9 Å². The van der Waals surface area contributed by atoms with Crippen LogP contribution in [0.3, 0.4) is 0 Å². The summed E-state index contributed by atoms with van der Waals surface area (Å²) in [6.07, 6.45) is 17.4. The molecule has 0 unspecified atom stereocenters. The predicted octanol–water partition coefficient (Wildman–Crippen LogP) is 5.56. The summed E-state index contributed by atoms with van der Waals surface area (Å²) in [7, 11) is 0. The van der Waals surface area contributed by atoms with E-state index in [9.17, 15) is 0 Å². The Hall–Kier alpha value is -1.88. The minimum absolute atomic E-state index is 1.03. The van der Waals surface area contributed by atoms with E-state index in [1.807, 2.05) is 18.2 Å². The molecule has 0 aromatic carbocycles. The second kappa shape index (κ2) is 10.6. The Morgan fingerprint density at radius 2 is 1.25 bits per heavy atom. The number of unbranched alkanes of at least 4 members (excludes halogenated alkanes) is 5. The third-order valence-electron chi connectivity index (χ3n) is 5.40. The SMILES string of the molecule is CCCCC/C=[C](\CCCCC)[Ge]([c]1ccco1)([c]1ccco1)[c]1ccco1. The van der Waals surface area contributed by atoms with E-state index in [1.54, 1.807) is 18.8 Å². The second-order valence-corrected chi connectivity index (χ2v) is 15.0. The summed E-state index contributed by atoms with van der Waals surface area (Å²) in [5.74, 6) is 0. The van der Waals surface area contributed by atoms with Gasteiger partial charge in [-0.1, -0.05) is 0 Å². The van der Waals surface area contributed by atoms with Crippen LogP contribution in [0.2, 0.25) is 0 Å². The molecule has 0 aliphatic heterocycles. The number of furan rings is 3. The monoisotopic (exact) mass is 442 g/mol. The van der Waals surface area contributed by atoms with E-state index in [4.69, 9.17) is 13.3 Å². The van der Waals surface area contributed by atoms with Crippen molar-refractivity contribution in [3.63, 3.8) is 0 Å². The average molecular weight is 441 g/mol. The van der Waals surface area contributed by atoms with Gasteiger partial charge in [-0.2, -0.15) is 0 Å². The van der Waals surface area contributed by atoms with Crippen LogP contribution in [0.25, 0.3) is 0 Å². The first-order valence-corrected chi connectivity index (χ1v) is 14.8. The molecule has 3 nitrogen and oxygen atoms in total. The molecule has 0 aliphatic carbocycles. The topological polar surface area (TPSA) is 39.4 Å². The fraction of sp³-hybridized carbons (Fsp3) is 0.417. The van der Waals surface area contributed by atoms with Crippen molar-refractivity contribution in [2.75, 3.05) is 0 Å². The molecule has 28 heavy (non-hydrogen) atoms. The Morgan fingerprint density at radius 1 is 0.750 bits per heavy atom. The molecule has 3 rings (SSSR count). The van der Waals surface area contributed by atoms with Crippen LogP contribution in [0, 0.1) is 0 Å². The number of hydrogen-bond donors (Lipinski definition) is 0. The van der Waals surface area contributed by atoms with Crippen molar-refractivity contribution in [2.45, 2.75) is 65.2 Å². The Labute approximate surface area is 171 Å². The second-order valence-electron chi connectivity index (χ2n) is 7.36. The first kappa shape index (κ1) is 20.8. The fourth-order valence-electron chi connectivity index (χ4n) is 3.99. The molecule has 0 amide bonds. The summed E-state index contributed by atoms with van der Waals surface area (Å²) < 4.78 is 22.8. The Balaban J connectivity index is 2.13. The molecule has 0 saturated heterocycles. The van der Waals surface area contributed by atoms with Crippen molar-refractivity contribution in [1.29, 1.82) is 0 Å². The van der Waals surface area contributed by atoms with E-state index in [0.717, 1.165) is 26.6 Å². The van der Waals surface area contributed by atoms with Crippen LogP contribution in [-0.4, -0.2) is 13.3 Å². The van der Waals surface area contributed by atoms with Gasteiger partial charge in [0.15, 0.2) is 0 Å². The van der Waals surface area contributed by atoms with Crippen LogP contribution >= 0.6 is 0 Å². The molecule has 0 spiro atoms. The van der Waals surface area contributed by atoms with Gasteiger partial charge in [0.05, 0.1) is 0 Å². The quantitative estimate of drug-likeness (QED) is 0.273. The van der Waals surface area contributed by atoms with Crippen molar-refractivity contribution in [2.24, 2.45) is 0 Å². The number of hydrogen-bond acceptors (Lipinski definition) is 3. The van der Waals surface area contributed by atoms with Gasteiger partial charge in [-0.3, -0.25) is 0 Å². The molecule has 150 valence electrons. The van der Waals surface area contributed by atoms with Crippen molar-refractivity contribution in [1.82, 2.24) is 0 Å². The summed E-state index contributed by atoms with van der Waals surface area (Å²) in [5, 5.41) is 0. The molecule has 0 aliphatic rings. The summed E-state index contributed by atoms with van der Waals surface area (Å²) in [4.78, 5) is 0. The minimum atomic E-state index is -3.34. The van der Waals surface area contributed by atoms with Crippen LogP contribution in [0.15, 0.2) is 78.9 Å². The van der Waals surface area contributed by atoms with Crippen molar-refractivity contribution in [3.8, 4) is 0 Å². The molecule has 3 aromatic heterocycles. The first-order chi connectivity index (χ1) is 13.8. The van der Waals surface area contributed by atoms with Crippen LogP contribution in [0.1, 0.15) is 65.2 Å². The van der Waals surface area contributed by atoms with Gasteiger partial charge >= 0.3 is 171 Å². The van der Waals surface area contributed by atoms with Crippen molar-refractivity contribution >= 4 is 27.0 Å². The van der Waals surface area contributed by atoms with Gasteiger partial charge in [-0.25, -0.2) is 0 Å². The van der Waals surface area contributed by atoms with E-state index in [-0.39, 0.29) is 0 Å². The van der Waals surface area contributed by atoms with Crippen LogP contribution in [0.4, 0.5) is 0 Å². The molecule has 0 saturated carbocycles. The van der Waals surface area contributed by atoms with Gasteiger partial charge in [-0.15, -0.1) is 0 Å². The van der Waals surface area contributed by atoms with Crippen molar-refractivity contribution in [3.05, 3.63) is 65.7 Å². The van der Waals surface area contributed by atoms with Crippen LogP contribution < -0.4 is 13.8 Å². The predicted molar refractivity (Wildman–Crippen MR) is 117 cm³/mol. The molecule has 0 atom stereocenters. The van der Waals surface area contributed by atoms with E-state index in [0.29, 0.717) is 0 Å². The Kier molecular flexibility index (Phi) is 7.90. The Morgan fingerprint density at radius 3 is 1.68 bits per heavy atom. The third kappa shape index (κ3) is 4.40. The third-order valence-corrected chi connectivity index (χ3v) is 14.8. The van der Waals surface area contributed by atoms with Crippen LogP contribution in [-0.2, 0) is 0 Å². The van der Waals surface area contributed by atoms with Gasteiger partial charge in [0.2, 0.25) is 0 Å².